The van der Waals surface area contributed by atoms with E-state index in [9.17, 15) is 15.0 Å². The Morgan fingerprint density at radius 3 is 2.14 bits per heavy atom. The van der Waals surface area contributed by atoms with Crippen LogP contribution in [0.3, 0.4) is 0 Å². The van der Waals surface area contributed by atoms with Crippen LogP contribution in [-0.4, -0.2) is 29.2 Å². The van der Waals surface area contributed by atoms with Crippen LogP contribution < -0.4 is 4.74 Å². The lowest BCUT2D eigenvalue weighted by atomic mass is 10.00. The molecule has 29 heavy (non-hydrogen) atoms. The third-order valence-electron chi connectivity index (χ3n) is 5.54. The van der Waals surface area contributed by atoms with Crippen molar-refractivity contribution in [3.63, 3.8) is 0 Å². The molecule has 1 atom stereocenters. The zero-order valence-corrected chi connectivity index (χ0v) is 18.6. The summed E-state index contributed by atoms with van der Waals surface area (Å²) in [4.78, 5) is 12.1. The van der Waals surface area contributed by atoms with Crippen LogP contribution in [0.2, 0.25) is 0 Å². The fraction of sp³-hybridized carbons (Fsp3) is 0.720. The molecule has 0 amide bonds. The minimum Gasteiger partial charge on any atom is -0.504 e. The fourth-order valence-corrected chi connectivity index (χ4v) is 3.67. The molecule has 0 unspecified atom stereocenters. The molecule has 0 radical (unpaired) electrons. The van der Waals surface area contributed by atoms with Gasteiger partial charge in [-0.25, -0.2) is 0 Å². The van der Waals surface area contributed by atoms with E-state index in [2.05, 4.69) is 6.92 Å². The SMILES string of the molecule is CCCCCCCCCCCCC[C@H](O)CC(=O)CCc1ccc(O)c(OC)c1. The van der Waals surface area contributed by atoms with E-state index < -0.39 is 6.10 Å². The minimum absolute atomic E-state index is 0.0904. The van der Waals surface area contributed by atoms with Gasteiger partial charge in [-0.3, -0.25) is 4.79 Å². The Balaban J connectivity index is 2.02. The van der Waals surface area contributed by atoms with Crippen molar-refractivity contribution in [2.75, 3.05) is 7.11 Å². The van der Waals surface area contributed by atoms with Crippen molar-refractivity contribution >= 4 is 5.78 Å². The number of hydrogen-bond donors (Lipinski definition) is 2. The number of carbonyl (C=O) groups excluding carboxylic acids is 1. The standard InChI is InChI=1S/C25H42O4/c1-3-4-5-6-7-8-9-10-11-12-13-14-22(26)20-23(27)17-15-21-16-18-24(28)25(19-21)29-2/h16,18-19,22,26,28H,3-15,17,20H2,1-2H3/t22-/m0/s1. The maximum Gasteiger partial charge on any atom is 0.160 e. The smallest absolute Gasteiger partial charge is 0.160 e. The van der Waals surface area contributed by atoms with Crippen molar-refractivity contribution in [1.82, 2.24) is 0 Å². The first-order chi connectivity index (χ1) is 14.1. The number of ketones is 1. The Morgan fingerprint density at radius 2 is 1.55 bits per heavy atom. The van der Waals surface area contributed by atoms with Gasteiger partial charge >= 0.3 is 0 Å². The van der Waals surface area contributed by atoms with Crippen molar-refractivity contribution in [2.45, 2.75) is 109 Å². The summed E-state index contributed by atoms with van der Waals surface area (Å²) in [6.07, 6.45) is 15.6. The maximum absolute atomic E-state index is 12.1. The molecule has 0 heterocycles. The molecule has 0 aliphatic carbocycles. The van der Waals surface area contributed by atoms with Gasteiger partial charge in [0, 0.05) is 12.8 Å². The maximum atomic E-state index is 12.1. The van der Waals surface area contributed by atoms with Gasteiger partial charge in [-0.05, 0) is 30.5 Å². The molecule has 2 N–H and O–H groups in total. The number of ether oxygens (including phenoxy) is 1. The second-order valence-electron chi connectivity index (χ2n) is 8.23. The van der Waals surface area contributed by atoms with E-state index in [4.69, 9.17) is 4.74 Å². The molecule has 0 aromatic heterocycles. The van der Waals surface area contributed by atoms with Gasteiger partial charge in [0.05, 0.1) is 13.2 Å². The molecule has 166 valence electrons. The largest absolute Gasteiger partial charge is 0.504 e. The second kappa shape index (κ2) is 16.3. The van der Waals surface area contributed by atoms with Gasteiger partial charge in [-0.15, -0.1) is 0 Å². The molecule has 0 saturated heterocycles. The Kier molecular flexibility index (Phi) is 14.3. The van der Waals surface area contributed by atoms with Crippen molar-refractivity contribution in [2.24, 2.45) is 0 Å². The van der Waals surface area contributed by atoms with Crippen LogP contribution in [0.4, 0.5) is 0 Å². The number of benzene rings is 1. The highest BCUT2D eigenvalue weighted by Gasteiger charge is 2.11. The number of methoxy groups -OCH3 is 1. The Hall–Kier alpha value is -1.55. The lowest BCUT2D eigenvalue weighted by Gasteiger charge is -2.10. The summed E-state index contributed by atoms with van der Waals surface area (Å²) in [5.74, 6) is 0.615. The van der Waals surface area contributed by atoms with Crippen molar-refractivity contribution in [3.8, 4) is 11.5 Å². The van der Waals surface area contributed by atoms with Gasteiger partial charge in [-0.2, -0.15) is 0 Å². The van der Waals surface area contributed by atoms with Crippen molar-refractivity contribution in [1.29, 1.82) is 0 Å². The van der Waals surface area contributed by atoms with E-state index in [0.717, 1.165) is 24.8 Å². The number of aliphatic hydroxyl groups excluding tert-OH is 1. The van der Waals surface area contributed by atoms with E-state index in [-0.39, 0.29) is 18.0 Å². The first kappa shape index (κ1) is 25.5. The summed E-state index contributed by atoms with van der Waals surface area (Å²) >= 11 is 0. The van der Waals surface area contributed by atoms with Crippen molar-refractivity contribution < 1.29 is 19.7 Å². The van der Waals surface area contributed by atoms with Crippen LogP contribution in [0.25, 0.3) is 0 Å². The lowest BCUT2D eigenvalue weighted by molar-refractivity contribution is -0.121. The summed E-state index contributed by atoms with van der Waals surface area (Å²) < 4.78 is 5.09. The third-order valence-corrected chi connectivity index (χ3v) is 5.54. The highest BCUT2D eigenvalue weighted by Crippen LogP contribution is 2.26. The summed E-state index contributed by atoms with van der Waals surface area (Å²) in [7, 11) is 1.51. The zero-order valence-electron chi connectivity index (χ0n) is 18.6. The van der Waals surface area contributed by atoms with Crippen LogP contribution in [-0.2, 0) is 11.2 Å². The number of Topliss-reactive ketones (excluding diaryl/α,β-unsaturated/α-hetero) is 1. The lowest BCUT2D eigenvalue weighted by Crippen LogP contribution is -2.14. The predicted octanol–water partition coefficient (Wildman–Crippen LogP) is 6.35. The topological polar surface area (TPSA) is 66.8 Å². The monoisotopic (exact) mass is 406 g/mol. The van der Waals surface area contributed by atoms with E-state index in [1.165, 1.54) is 64.9 Å². The molecule has 4 nitrogen and oxygen atoms in total. The molecule has 1 rings (SSSR count). The summed E-state index contributed by atoms with van der Waals surface area (Å²) in [5.41, 5.74) is 0.952. The number of unbranched alkanes of at least 4 members (excludes halogenated alkanes) is 10. The first-order valence-corrected chi connectivity index (χ1v) is 11.6. The average Bonchev–Trinajstić information content (AvgIpc) is 2.71. The number of aromatic hydroxyl groups is 1. The fourth-order valence-electron chi connectivity index (χ4n) is 3.67. The summed E-state index contributed by atoms with van der Waals surface area (Å²) in [5, 5.41) is 19.7. The Morgan fingerprint density at radius 1 is 0.966 bits per heavy atom. The summed E-state index contributed by atoms with van der Waals surface area (Å²) in [6, 6.07) is 5.14. The molecule has 0 aliphatic rings. The van der Waals surface area contributed by atoms with Gasteiger partial charge in [0.1, 0.15) is 5.78 Å². The second-order valence-corrected chi connectivity index (χ2v) is 8.23. The first-order valence-electron chi connectivity index (χ1n) is 11.6. The van der Waals surface area contributed by atoms with E-state index in [0.29, 0.717) is 18.6 Å². The van der Waals surface area contributed by atoms with Crippen LogP contribution >= 0.6 is 0 Å². The highest BCUT2D eigenvalue weighted by molar-refractivity contribution is 5.79. The number of aliphatic hydroxyl groups is 1. The molecule has 0 aliphatic heterocycles. The third kappa shape index (κ3) is 12.6. The Labute approximate surface area is 177 Å². The molecular weight excluding hydrogens is 364 g/mol. The Bertz CT molecular complexity index is 556. The number of phenolic OH excluding ortho intramolecular Hbond substituents is 1. The number of aryl methyl sites for hydroxylation is 1. The number of rotatable bonds is 18. The number of hydrogen-bond acceptors (Lipinski definition) is 4. The molecule has 0 fully saturated rings. The quantitative estimate of drug-likeness (QED) is 0.279. The molecule has 0 bridgehead atoms. The van der Waals surface area contributed by atoms with Gasteiger partial charge in [0.15, 0.2) is 11.5 Å². The average molecular weight is 407 g/mol. The van der Waals surface area contributed by atoms with E-state index in [1.54, 1.807) is 18.2 Å². The predicted molar refractivity (Wildman–Crippen MR) is 120 cm³/mol. The molecule has 0 saturated carbocycles. The van der Waals surface area contributed by atoms with Crippen LogP contribution in [0, 0.1) is 0 Å². The van der Waals surface area contributed by atoms with Gasteiger partial charge in [0.25, 0.3) is 0 Å². The molecular formula is C25H42O4. The van der Waals surface area contributed by atoms with Gasteiger partial charge < -0.3 is 14.9 Å². The molecule has 1 aromatic carbocycles. The van der Waals surface area contributed by atoms with Crippen LogP contribution in [0.5, 0.6) is 11.5 Å². The van der Waals surface area contributed by atoms with Gasteiger partial charge in [0.2, 0.25) is 0 Å². The zero-order chi connectivity index (χ0) is 21.3. The van der Waals surface area contributed by atoms with Crippen molar-refractivity contribution in [3.05, 3.63) is 23.8 Å². The minimum atomic E-state index is -0.518. The number of phenols is 1. The summed E-state index contributed by atoms with van der Waals surface area (Å²) in [6.45, 7) is 2.25. The molecule has 4 heteroatoms. The number of carbonyl (C=O) groups is 1. The molecule has 0 spiro atoms. The van der Waals surface area contributed by atoms with E-state index in [1.807, 2.05) is 0 Å². The highest BCUT2D eigenvalue weighted by atomic mass is 16.5. The van der Waals surface area contributed by atoms with Crippen LogP contribution in [0.15, 0.2) is 18.2 Å². The normalized spacial score (nSPS) is 12.1. The van der Waals surface area contributed by atoms with E-state index >= 15 is 0 Å². The van der Waals surface area contributed by atoms with Crippen LogP contribution in [0.1, 0.15) is 102 Å². The van der Waals surface area contributed by atoms with Gasteiger partial charge in [-0.1, -0.05) is 83.6 Å². The molecule has 1 aromatic rings.